The number of nitrogens with zero attached hydrogens (tertiary/aromatic N) is 2. The summed E-state index contributed by atoms with van der Waals surface area (Å²) in [5.41, 5.74) is 0. The average molecular weight is 212 g/mol. The van der Waals surface area contributed by atoms with Gasteiger partial charge < -0.3 is 14.9 Å². The number of amides is 1. The van der Waals surface area contributed by atoms with Crippen LogP contribution < -0.4 is 0 Å². The molecule has 2 fully saturated rings. The fourth-order valence-electron chi connectivity index (χ4n) is 2.16. The van der Waals surface area contributed by atoms with Crippen LogP contribution >= 0.6 is 0 Å². The fraction of sp³-hybridized carbons (Fsp3) is 0.909. The van der Waals surface area contributed by atoms with Gasteiger partial charge in [-0.15, -0.1) is 0 Å². The van der Waals surface area contributed by atoms with Gasteiger partial charge in [0.2, 0.25) is 5.91 Å². The van der Waals surface area contributed by atoms with Gasteiger partial charge in [0.1, 0.15) is 0 Å². The number of carbonyl (C=O) groups excluding carboxylic acids is 1. The molecule has 0 radical (unpaired) electrons. The number of aliphatic hydroxyl groups is 1. The third-order valence-electron chi connectivity index (χ3n) is 3.25. The number of hydrogen-bond donors (Lipinski definition) is 1. The van der Waals surface area contributed by atoms with Gasteiger partial charge in [-0.3, -0.25) is 4.79 Å². The lowest BCUT2D eigenvalue weighted by Gasteiger charge is -2.41. The number of likely N-dealkylation sites (N-methyl/N-ethyl adjacent to an activating group) is 1. The zero-order chi connectivity index (χ0) is 10.8. The Kier molecular flexibility index (Phi) is 3.26. The third-order valence-corrected chi connectivity index (χ3v) is 3.25. The average Bonchev–Trinajstić information content (AvgIpc) is 2.93. The number of rotatable bonds is 5. The normalized spacial score (nSPS) is 21.9. The van der Waals surface area contributed by atoms with Crippen LogP contribution in [0, 0.1) is 11.8 Å². The molecular formula is C11H20N2O2. The lowest BCUT2D eigenvalue weighted by molar-refractivity contribution is -0.139. The van der Waals surface area contributed by atoms with Crippen LogP contribution in [0.2, 0.25) is 0 Å². The topological polar surface area (TPSA) is 43.8 Å². The van der Waals surface area contributed by atoms with Crippen molar-refractivity contribution in [1.82, 2.24) is 9.80 Å². The summed E-state index contributed by atoms with van der Waals surface area (Å²) in [7, 11) is 2.02. The highest BCUT2D eigenvalue weighted by Crippen LogP contribution is 2.33. The minimum atomic E-state index is 0.216. The molecule has 2 rings (SSSR count). The Hall–Kier alpha value is -0.610. The van der Waals surface area contributed by atoms with E-state index in [0.29, 0.717) is 17.7 Å². The van der Waals surface area contributed by atoms with Crippen molar-refractivity contribution in [3.8, 4) is 0 Å². The number of hydrogen-bond acceptors (Lipinski definition) is 3. The van der Waals surface area contributed by atoms with E-state index in [0.717, 1.165) is 39.0 Å². The van der Waals surface area contributed by atoms with Gasteiger partial charge in [0, 0.05) is 38.0 Å². The van der Waals surface area contributed by atoms with E-state index in [4.69, 9.17) is 5.11 Å². The summed E-state index contributed by atoms with van der Waals surface area (Å²) in [4.78, 5) is 15.7. The number of carbonyl (C=O) groups is 1. The van der Waals surface area contributed by atoms with E-state index < -0.39 is 0 Å². The molecule has 1 amide bonds. The van der Waals surface area contributed by atoms with Crippen LogP contribution in [-0.4, -0.2) is 60.6 Å². The van der Waals surface area contributed by atoms with Crippen LogP contribution in [0.4, 0.5) is 0 Å². The molecule has 15 heavy (non-hydrogen) atoms. The first kappa shape index (κ1) is 10.9. The van der Waals surface area contributed by atoms with Crippen LogP contribution in [0.15, 0.2) is 0 Å². The largest absolute Gasteiger partial charge is 0.395 e. The predicted octanol–water partition coefficient (Wildman–Crippen LogP) is -0.221. The highest BCUT2D eigenvalue weighted by Gasteiger charge is 2.39. The van der Waals surface area contributed by atoms with Crippen molar-refractivity contribution in [3.05, 3.63) is 0 Å². The zero-order valence-corrected chi connectivity index (χ0v) is 9.35. The second-order valence-electron chi connectivity index (χ2n) is 4.87. The Balaban J connectivity index is 1.62. The summed E-state index contributed by atoms with van der Waals surface area (Å²) in [6, 6.07) is 0. The SMILES string of the molecule is CN(CCO)CC1CN(C(=O)C2CC2)C1. The van der Waals surface area contributed by atoms with Gasteiger partial charge in [-0.05, 0) is 19.9 Å². The maximum atomic E-state index is 11.6. The lowest BCUT2D eigenvalue weighted by atomic mass is 9.99. The molecule has 0 aromatic heterocycles. The van der Waals surface area contributed by atoms with Crippen molar-refractivity contribution in [1.29, 1.82) is 0 Å². The lowest BCUT2D eigenvalue weighted by Crippen LogP contribution is -2.54. The van der Waals surface area contributed by atoms with E-state index in [2.05, 4.69) is 4.90 Å². The van der Waals surface area contributed by atoms with Crippen LogP contribution in [0.3, 0.4) is 0 Å². The molecule has 1 saturated carbocycles. The molecule has 1 aliphatic carbocycles. The minimum Gasteiger partial charge on any atom is -0.395 e. The summed E-state index contributed by atoms with van der Waals surface area (Å²) >= 11 is 0. The molecule has 2 aliphatic rings. The maximum Gasteiger partial charge on any atom is 0.225 e. The van der Waals surface area contributed by atoms with Gasteiger partial charge in [-0.1, -0.05) is 0 Å². The summed E-state index contributed by atoms with van der Waals surface area (Å²) in [6.07, 6.45) is 2.20. The molecule has 0 unspecified atom stereocenters. The zero-order valence-electron chi connectivity index (χ0n) is 9.35. The Morgan fingerprint density at radius 1 is 1.47 bits per heavy atom. The summed E-state index contributed by atoms with van der Waals surface area (Å²) in [6.45, 7) is 3.78. The first-order valence-corrected chi connectivity index (χ1v) is 5.79. The highest BCUT2D eigenvalue weighted by molar-refractivity contribution is 5.81. The Labute approximate surface area is 90.9 Å². The molecule has 1 heterocycles. The predicted molar refractivity (Wildman–Crippen MR) is 57.4 cm³/mol. The molecule has 0 aromatic rings. The maximum absolute atomic E-state index is 11.6. The molecule has 0 spiro atoms. The smallest absolute Gasteiger partial charge is 0.225 e. The Morgan fingerprint density at radius 2 is 2.13 bits per heavy atom. The van der Waals surface area contributed by atoms with E-state index in [-0.39, 0.29) is 6.61 Å². The monoisotopic (exact) mass is 212 g/mol. The number of likely N-dealkylation sites (tertiary alicyclic amines) is 1. The minimum absolute atomic E-state index is 0.216. The van der Waals surface area contributed by atoms with Gasteiger partial charge in [-0.25, -0.2) is 0 Å². The number of aliphatic hydroxyl groups excluding tert-OH is 1. The van der Waals surface area contributed by atoms with E-state index in [9.17, 15) is 4.79 Å². The quantitative estimate of drug-likeness (QED) is 0.685. The van der Waals surface area contributed by atoms with Crippen molar-refractivity contribution >= 4 is 5.91 Å². The summed E-state index contributed by atoms with van der Waals surface area (Å²) in [5, 5.41) is 8.76. The van der Waals surface area contributed by atoms with Crippen LogP contribution in [0.25, 0.3) is 0 Å². The molecule has 4 heteroatoms. The molecule has 0 atom stereocenters. The molecule has 1 N–H and O–H groups in total. The van der Waals surface area contributed by atoms with Crippen molar-refractivity contribution in [2.75, 3.05) is 39.8 Å². The van der Waals surface area contributed by atoms with Crippen molar-refractivity contribution < 1.29 is 9.90 Å². The first-order valence-electron chi connectivity index (χ1n) is 5.79. The van der Waals surface area contributed by atoms with Gasteiger partial charge in [-0.2, -0.15) is 0 Å². The van der Waals surface area contributed by atoms with E-state index in [1.165, 1.54) is 0 Å². The standard InChI is InChI=1S/C11H20N2O2/c1-12(4-5-14)6-9-7-13(8-9)11(15)10-2-3-10/h9-10,14H,2-8H2,1H3. The van der Waals surface area contributed by atoms with Gasteiger partial charge in [0.05, 0.1) is 6.61 Å². The molecule has 86 valence electrons. The van der Waals surface area contributed by atoms with Crippen LogP contribution in [0.1, 0.15) is 12.8 Å². The van der Waals surface area contributed by atoms with Crippen LogP contribution in [0.5, 0.6) is 0 Å². The van der Waals surface area contributed by atoms with E-state index in [1.54, 1.807) is 0 Å². The third kappa shape index (κ3) is 2.69. The van der Waals surface area contributed by atoms with Gasteiger partial charge in [0.25, 0.3) is 0 Å². The molecule has 4 nitrogen and oxygen atoms in total. The molecular weight excluding hydrogens is 192 g/mol. The second-order valence-corrected chi connectivity index (χ2v) is 4.87. The molecule has 0 bridgehead atoms. The fourth-order valence-corrected chi connectivity index (χ4v) is 2.16. The summed E-state index contributed by atoms with van der Waals surface area (Å²) in [5.74, 6) is 1.35. The van der Waals surface area contributed by atoms with E-state index in [1.807, 2.05) is 11.9 Å². The highest BCUT2D eigenvalue weighted by atomic mass is 16.3. The van der Waals surface area contributed by atoms with E-state index >= 15 is 0 Å². The molecule has 1 saturated heterocycles. The van der Waals surface area contributed by atoms with Crippen molar-refractivity contribution in [2.24, 2.45) is 11.8 Å². The van der Waals surface area contributed by atoms with Gasteiger partial charge >= 0.3 is 0 Å². The first-order chi connectivity index (χ1) is 7.20. The van der Waals surface area contributed by atoms with Gasteiger partial charge in [0.15, 0.2) is 0 Å². The Morgan fingerprint density at radius 3 is 2.67 bits per heavy atom. The molecule has 0 aromatic carbocycles. The van der Waals surface area contributed by atoms with Crippen LogP contribution in [-0.2, 0) is 4.79 Å². The summed E-state index contributed by atoms with van der Waals surface area (Å²) < 4.78 is 0. The van der Waals surface area contributed by atoms with Crippen molar-refractivity contribution in [2.45, 2.75) is 12.8 Å². The Bertz CT molecular complexity index is 235. The molecule has 1 aliphatic heterocycles. The second kappa shape index (κ2) is 4.49. The van der Waals surface area contributed by atoms with Crippen molar-refractivity contribution in [3.63, 3.8) is 0 Å².